The zero-order chi connectivity index (χ0) is 10.5. The Kier molecular flexibility index (Phi) is 9.87. The molecule has 0 aromatic rings. The molecule has 0 saturated carbocycles. The molecule has 0 saturated heterocycles. The van der Waals surface area contributed by atoms with E-state index >= 15 is 0 Å². The third-order valence-electron chi connectivity index (χ3n) is 1.81. The molecule has 1 atom stereocenters. The first-order chi connectivity index (χ1) is 5.81. The molecule has 0 aliphatic rings. The Morgan fingerprint density at radius 3 is 2.31 bits per heavy atom. The maximum absolute atomic E-state index is 10.6. The van der Waals surface area contributed by atoms with Gasteiger partial charge in [-0.2, -0.15) is 0 Å². The average molecular weight is 233 g/mol. The van der Waals surface area contributed by atoms with E-state index in [1.807, 2.05) is 6.92 Å². The fourth-order valence-electron chi connectivity index (χ4n) is 0.926. The van der Waals surface area contributed by atoms with Crippen molar-refractivity contribution in [1.29, 1.82) is 0 Å². The first-order valence-corrected chi connectivity index (χ1v) is 5.67. The molecular weight excluding hydrogens is 215 g/mol. The van der Waals surface area contributed by atoms with E-state index in [2.05, 4.69) is 0 Å². The van der Waals surface area contributed by atoms with Crippen molar-refractivity contribution in [3.63, 3.8) is 0 Å². The molecule has 3 nitrogen and oxygen atoms in total. The Labute approximate surface area is 125 Å². The molecule has 5 heteroatoms. The fourth-order valence-corrected chi connectivity index (χ4v) is 1.32. The number of hydrogen-bond acceptors (Lipinski definition) is 3. The van der Waals surface area contributed by atoms with Crippen LogP contribution in [0.15, 0.2) is 0 Å². The summed E-state index contributed by atoms with van der Waals surface area (Å²) in [5.74, 6) is 0. The van der Waals surface area contributed by atoms with Crippen molar-refractivity contribution in [2.24, 2.45) is 0 Å². The second-order valence-electron chi connectivity index (χ2n) is 2.97. The average Bonchev–Trinajstić information content (AvgIpc) is 1.96. The van der Waals surface area contributed by atoms with Crippen molar-refractivity contribution in [2.45, 2.75) is 51.2 Å². The topological polar surface area (TPSA) is 57.2 Å². The van der Waals surface area contributed by atoms with Gasteiger partial charge in [0.05, 0.1) is 10.1 Å². The van der Waals surface area contributed by atoms with E-state index in [1.54, 1.807) is 0 Å². The minimum atomic E-state index is -4.47. The summed E-state index contributed by atoms with van der Waals surface area (Å²) in [5, 5.41) is -1.85. The summed E-state index contributed by atoms with van der Waals surface area (Å²) in [7, 11) is -4.47. The van der Waals surface area contributed by atoms with Crippen LogP contribution < -0.4 is 51.4 Å². The maximum Gasteiger partial charge on any atom is 1.00 e. The number of hydrogen-bond donors (Lipinski definition) is 0. The first kappa shape index (κ1) is 14.5. The molecule has 0 unspecified atom stereocenters. The summed E-state index contributed by atoms with van der Waals surface area (Å²) in [6, 6.07) is 0. The molecule has 0 radical (unpaired) electrons. The fraction of sp³-hybridized carbons (Fsp3) is 1.00. The Morgan fingerprint density at radius 2 is 1.92 bits per heavy atom. The Hall–Kier alpha value is 1.55. The monoisotopic (exact) mass is 233 g/mol. The van der Waals surface area contributed by atoms with Crippen molar-refractivity contribution >= 4 is 10.1 Å². The molecular formula is C8H17KO3S. The van der Waals surface area contributed by atoms with Gasteiger partial charge in [0.1, 0.15) is 0 Å². The van der Waals surface area contributed by atoms with Gasteiger partial charge in [-0.3, -0.25) is 0 Å². The molecule has 0 bridgehead atoms. The van der Waals surface area contributed by atoms with Crippen LogP contribution in [0, 0.1) is 0 Å². The summed E-state index contributed by atoms with van der Waals surface area (Å²) < 4.78 is 39.0. The van der Waals surface area contributed by atoms with Gasteiger partial charge in [-0.15, -0.1) is 0 Å². The van der Waals surface area contributed by atoms with E-state index < -0.39 is 15.3 Å². The van der Waals surface area contributed by atoms with E-state index in [4.69, 9.17) is 1.37 Å². The van der Waals surface area contributed by atoms with Crippen LogP contribution >= 0.6 is 0 Å². The third-order valence-corrected chi connectivity index (χ3v) is 2.87. The Bertz CT molecular complexity index is 239. The summed E-state index contributed by atoms with van der Waals surface area (Å²) in [4.78, 5) is 0. The standard InChI is InChI=1S/C8H18O3S.K/c1-3-4-5-6-7-8(2)12(9,10)11;/h8H,3-7H2,1-2H3,(H,9,10,11);/q;+1/p-1/t8-;/m0./s1/i8D;. The molecule has 0 fully saturated rings. The van der Waals surface area contributed by atoms with Crippen LogP contribution in [0.25, 0.3) is 0 Å². The van der Waals surface area contributed by atoms with Gasteiger partial charge < -0.3 is 4.55 Å². The molecule has 0 spiro atoms. The van der Waals surface area contributed by atoms with Crippen molar-refractivity contribution in [3.8, 4) is 0 Å². The largest absolute Gasteiger partial charge is 1.00 e. The van der Waals surface area contributed by atoms with Gasteiger partial charge >= 0.3 is 51.4 Å². The third kappa shape index (κ3) is 9.84. The predicted octanol–water partition coefficient (Wildman–Crippen LogP) is -1.11. The molecule has 0 aromatic carbocycles. The molecule has 13 heavy (non-hydrogen) atoms. The minimum Gasteiger partial charge on any atom is -0.748 e. The van der Waals surface area contributed by atoms with Crippen LogP contribution in [-0.2, 0) is 10.1 Å². The van der Waals surface area contributed by atoms with E-state index in [0.717, 1.165) is 19.3 Å². The maximum atomic E-state index is 10.6. The quantitative estimate of drug-likeness (QED) is 0.332. The second kappa shape index (κ2) is 8.82. The predicted molar refractivity (Wildman–Crippen MR) is 47.9 cm³/mol. The second-order valence-corrected chi connectivity index (χ2v) is 4.57. The summed E-state index contributed by atoms with van der Waals surface area (Å²) in [6.07, 6.45) is 3.74. The van der Waals surface area contributed by atoms with Crippen LogP contribution in [-0.4, -0.2) is 18.2 Å². The van der Waals surface area contributed by atoms with Gasteiger partial charge in [0.15, 0.2) is 0 Å². The smallest absolute Gasteiger partial charge is 0.748 e. The van der Waals surface area contributed by atoms with Crippen molar-refractivity contribution in [1.82, 2.24) is 0 Å². The molecule has 0 aromatic heterocycles. The van der Waals surface area contributed by atoms with Crippen molar-refractivity contribution in [3.05, 3.63) is 0 Å². The SMILES string of the molecule is [2H][C@](C)(CCCCCC)S(=O)(=O)[O-].[K+]. The molecule has 0 rings (SSSR count). The summed E-state index contributed by atoms with van der Waals surface area (Å²) >= 11 is 0. The van der Waals surface area contributed by atoms with Crippen molar-refractivity contribution < 1.29 is 65.7 Å². The van der Waals surface area contributed by atoms with Crippen LogP contribution in [0.3, 0.4) is 0 Å². The molecule has 74 valence electrons. The summed E-state index contributed by atoms with van der Waals surface area (Å²) in [6.45, 7) is 3.21. The van der Waals surface area contributed by atoms with Crippen LogP contribution in [0.1, 0.15) is 47.3 Å². The zero-order valence-corrected chi connectivity index (χ0v) is 12.6. The molecule has 0 heterocycles. The Morgan fingerprint density at radius 1 is 1.38 bits per heavy atom. The van der Waals surface area contributed by atoms with Crippen LogP contribution in [0.2, 0.25) is 0 Å². The Balaban J connectivity index is 0. The van der Waals surface area contributed by atoms with Gasteiger partial charge in [0.25, 0.3) is 0 Å². The minimum absolute atomic E-state index is 0. The summed E-state index contributed by atoms with van der Waals surface area (Å²) in [5.41, 5.74) is 0. The van der Waals surface area contributed by atoms with E-state index in [1.165, 1.54) is 6.92 Å². The van der Waals surface area contributed by atoms with Gasteiger partial charge in [-0.1, -0.05) is 32.6 Å². The van der Waals surface area contributed by atoms with Gasteiger partial charge in [0.2, 0.25) is 0 Å². The van der Waals surface area contributed by atoms with Crippen LogP contribution in [0.5, 0.6) is 0 Å². The van der Waals surface area contributed by atoms with E-state index in [-0.39, 0.29) is 57.8 Å². The molecule has 0 amide bonds. The van der Waals surface area contributed by atoms with Crippen LogP contribution in [0.4, 0.5) is 0 Å². The van der Waals surface area contributed by atoms with Gasteiger partial charge in [-0.25, -0.2) is 8.42 Å². The van der Waals surface area contributed by atoms with Gasteiger partial charge in [0, 0.05) is 6.60 Å². The van der Waals surface area contributed by atoms with E-state index in [0.29, 0.717) is 6.42 Å². The molecule has 0 aliphatic heterocycles. The number of unbranched alkanes of at least 4 members (excludes halogenated alkanes) is 3. The van der Waals surface area contributed by atoms with Gasteiger partial charge in [-0.05, 0) is 13.3 Å². The number of rotatable bonds is 6. The normalized spacial score (nSPS) is 17.0. The molecule has 0 aliphatic carbocycles. The molecule has 0 N–H and O–H groups in total. The van der Waals surface area contributed by atoms with E-state index in [9.17, 15) is 13.0 Å². The first-order valence-electron chi connectivity index (χ1n) is 4.76. The van der Waals surface area contributed by atoms with Crippen molar-refractivity contribution in [2.75, 3.05) is 0 Å². The zero-order valence-electron chi connectivity index (χ0n) is 9.67.